The quantitative estimate of drug-likeness (QED) is 0.485. The molecule has 0 amide bonds. The molecule has 0 fully saturated rings. The summed E-state index contributed by atoms with van der Waals surface area (Å²) >= 11 is 5.33. The van der Waals surface area contributed by atoms with Gasteiger partial charge in [-0.25, -0.2) is 0 Å². The minimum Gasteiger partial charge on any atom is -0.166 e. The van der Waals surface area contributed by atoms with Crippen molar-refractivity contribution in [2.75, 3.05) is 5.75 Å². The number of nitrogens with zero attached hydrogens (tertiary/aromatic N) is 2. The summed E-state index contributed by atoms with van der Waals surface area (Å²) in [5.74, 6) is 1.16. The van der Waals surface area contributed by atoms with Gasteiger partial charge in [0.15, 0.2) is 0 Å². The Balaban J connectivity index is 2.32. The molecule has 0 aliphatic rings. The van der Waals surface area contributed by atoms with E-state index < -0.39 is 0 Å². The Morgan fingerprint density at radius 1 is 1.55 bits per heavy atom. The Hall–Kier alpha value is 0.640. The number of aromatic nitrogens is 2. The van der Waals surface area contributed by atoms with Crippen molar-refractivity contribution in [3.05, 3.63) is 3.70 Å². The van der Waals surface area contributed by atoms with E-state index in [0.717, 1.165) is 14.5 Å². The van der Waals surface area contributed by atoms with Gasteiger partial charge in [-0.2, -0.15) is 8.75 Å². The second-order valence-electron chi connectivity index (χ2n) is 2.06. The fourth-order valence-electron chi connectivity index (χ4n) is 0.569. The highest BCUT2D eigenvalue weighted by atomic mass is 127. The summed E-state index contributed by atoms with van der Waals surface area (Å²) in [5, 5.41) is 1.10. The smallest absolute Gasteiger partial charge is 0.149 e. The molecule has 1 aromatic rings. The van der Waals surface area contributed by atoms with Gasteiger partial charge in [0.05, 0.1) is 11.7 Å². The first kappa shape index (κ1) is 9.73. The molecule has 0 aromatic carbocycles. The maximum absolute atomic E-state index is 4.17. The highest BCUT2D eigenvalue weighted by Crippen LogP contribution is 2.22. The summed E-state index contributed by atoms with van der Waals surface area (Å²) < 4.78 is 9.32. The van der Waals surface area contributed by atoms with Gasteiger partial charge in [0.2, 0.25) is 0 Å². The average molecular weight is 300 g/mol. The second kappa shape index (κ2) is 5.31. The topological polar surface area (TPSA) is 25.8 Å². The van der Waals surface area contributed by atoms with Crippen LogP contribution in [-0.2, 0) is 0 Å². The van der Waals surface area contributed by atoms with Crippen molar-refractivity contribution in [1.29, 1.82) is 0 Å². The van der Waals surface area contributed by atoms with Gasteiger partial charge >= 0.3 is 0 Å². The SMILES string of the molecule is CCCCSc1nsnc1I. The fraction of sp³-hybridized carbons (Fsp3) is 0.667. The van der Waals surface area contributed by atoms with E-state index in [-0.39, 0.29) is 0 Å². The van der Waals surface area contributed by atoms with Gasteiger partial charge in [0.1, 0.15) is 8.73 Å². The Morgan fingerprint density at radius 3 is 2.91 bits per heavy atom. The highest BCUT2D eigenvalue weighted by molar-refractivity contribution is 14.1. The summed E-state index contributed by atoms with van der Waals surface area (Å²) in [5.41, 5.74) is 0. The van der Waals surface area contributed by atoms with Crippen LogP contribution in [0.3, 0.4) is 0 Å². The molecule has 0 aliphatic carbocycles. The molecule has 0 radical (unpaired) electrons. The number of unbranched alkanes of at least 4 members (excludes halogenated alkanes) is 1. The summed E-state index contributed by atoms with van der Waals surface area (Å²) in [6.45, 7) is 2.20. The van der Waals surface area contributed by atoms with Crippen molar-refractivity contribution >= 4 is 46.1 Å². The lowest BCUT2D eigenvalue weighted by molar-refractivity contribution is 0.895. The van der Waals surface area contributed by atoms with Gasteiger partial charge in [-0.15, -0.1) is 11.8 Å². The first-order valence-corrected chi connectivity index (χ1v) is 6.25. The number of thioether (sulfide) groups is 1. The molecular formula is C6H9IN2S2. The Labute approximate surface area is 88.6 Å². The molecule has 11 heavy (non-hydrogen) atoms. The van der Waals surface area contributed by atoms with Crippen LogP contribution in [-0.4, -0.2) is 14.5 Å². The molecule has 0 atom stereocenters. The number of rotatable bonds is 4. The van der Waals surface area contributed by atoms with Crippen LogP contribution in [0.5, 0.6) is 0 Å². The van der Waals surface area contributed by atoms with Crippen molar-refractivity contribution in [1.82, 2.24) is 8.75 Å². The van der Waals surface area contributed by atoms with E-state index in [2.05, 4.69) is 38.3 Å². The van der Waals surface area contributed by atoms with Crippen LogP contribution in [0.25, 0.3) is 0 Å². The van der Waals surface area contributed by atoms with E-state index in [4.69, 9.17) is 0 Å². The summed E-state index contributed by atoms with van der Waals surface area (Å²) in [6, 6.07) is 0. The molecule has 0 bridgehead atoms. The van der Waals surface area contributed by atoms with Crippen LogP contribution in [0.1, 0.15) is 19.8 Å². The number of halogens is 1. The van der Waals surface area contributed by atoms with Crippen molar-refractivity contribution in [3.63, 3.8) is 0 Å². The number of hydrogen-bond donors (Lipinski definition) is 0. The summed E-state index contributed by atoms with van der Waals surface area (Å²) in [4.78, 5) is 0. The lowest BCUT2D eigenvalue weighted by Crippen LogP contribution is -1.80. The van der Waals surface area contributed by atoms with Crippen LogP contribution in [0, 0.1) is 3.70 Å². The second-order valence-corrected chi connectivity index (χ2v) is 4.70. The van der Waals surface area contributed by atoms with Crippen molar-refractivity contribution in [2.45, 2.75) is 24.8 Å². The van der Waals surface area contributed by atoms with Gasteiger partial charge in [0, 0.05) is 0 Å². The van der Waals surface area contributed by atoms with E-state index in [1.165, 1.54) is 24.6 Å². The Bertz CT molecular complexity index is 214. The van der Waals surface area contributed by atoms with Crippen LogP contribution in [0.15, 0.2) is 5.03 Å². The van der Waals surface area contributed by atoms with E-state index >= 15 is 0 Å². The third-order valence-electron chi connectivity index (χ3n) is 1.16. The molecule has 0 N–H and O–H groups in total. The van der Waals surface area contributed by atoms with Crippen LogP contribution in [0.4, 0.5) is 0 Å². The minimum absolute atomic E-state index is 1.05. The molecule has 0 unspecified atom stereocenters. The monoisotopic (exact) mass is 300 g/mol. The van der Waals surface area contributed by atoms with Crippen LogP contribution < -0.4 is 0 Å². The van der Waals surface area contributed by atoms with E-state index in [1.807, 2.05) is 11.8 Å². The predicted molar refractivity (Wildman–Crippen MR) is 58.3 cm³/mol. The summed E-state index contributed by atoms with van der Waals surface area (Å²) in [6.07, 6.45) is 2.51. The first-order chi connectivity index (χ1) is 5.34. The van der Waals surface area contributed by atoms with Gasteiger partial charge in [0.25, 0.3) is 0 Å². The van der Waals surface area contributed by atoms with Crippen molar-refractivity contribution in [3.8, 4) is 0 Å². The zero-order chi connectivity index (χ0) is 8.10. The van der Waals surface area contributed by atoms with E-state index in [9.17, 15) is 0 Å². The molecule has 0 saturated heterocycles. The molecular weight excluding hydrogens is 291 g/mol. The molecule has 5 heteroatoms. The largest absolute Gasteiger partial charge is 0.166 e. The minimum atomic E-state index is 1.05. The van der Waals surface area contributed by atoms with Gasteiger partial charge < -0.3 is 0 Å². The van der Waals surface area contributed by atoms with Crippen molar-refractivity contribution < 1.29 is 0 Å². The van der Waals surface area contributed by atoms with E-state index in [0.29, 0.717) is 0 Å². The molecule has 62 valence electrons. The standard InChI is InChI=1S/C6H9IN2S2/c1-2-3-4-10-6-5(7)8-11-9-6/h2-4H2,1H3. The first-order valence-electron chi connectivity index (χ1n) is 3.45. The maximum atomic E-state index is 4.17. The Kier molecular flexibility index (Phi) is 4.70. The highest BCUT2D eigenvalue weighted by Gasteiger charge is 2.03. The predicted octanol–water partition coefficient (Wildman–Crippen LogP) is 3.03. The molecule has 0 saturated carbocycles. The molecule has 1 heterocycles. The normalized spacial score (nSPS) is 10.4. The molecule has 0 aliphatic heterocycles. The third kappa shape index (κ3) is 3.25. The lowest BCUT2D eigenvalue weighted by atomic mass is 10.4. The van der Waals surface area contributed by atoms with E-state index in [1.54, 1.807) is 0 Å². The van der Waals surface area contributed by atoms with Crippen LogP contribution >= 0.6 is 46.1 Å². The molecule has 2 nitrogen and oxygen atoms in total. The van der Waals surface area contributed by atoms with Gasteiger partial charge in [-0.1, -0.05) is 13.3 Å². The van der Waals surface area contributed by atoms with Crippen molar-refractivity contribution in [2.24, 2.45) is 0 Å². The number of hydrogen-bond acceptors (Lipinski definition) is 4. The van der Waals surface area contributed by atoms with Crippen LogP contribution in [0.2, 0.25) is 0 Å². The molecule has 0 spiro atoms. The maximum Gasteiger partial charge on any atom is 0.149 e. The van der Waals surface area contributed by atoms with Gasteiger partial charge in [-0.3, -0.25) is 0 Å². The molecule has 1 rings (SSSR count). The zero-order valence-corrected chi connectivity index (χ0v) is 10.0. The average Bonchev–Trinajstić information content (AvgIpc) is 2.37. The Morgan fingerprint density at radius 2 is 2.36 bits per heavy atom. The molecule has 1 aromatic heterocycles. The fourth-order valence-corrected chi connectivity index (χ4v) is 3.10. The zero-order valence-electron chi connectivity index (χ0n) is 6.21. The lowest BCUT2D eigenvalue weighted by Gasteiger charge is -1.93. The summed E-state index contributed by atoms with van der Waals surface area (Å²) in [7, 11) is 0. The van der Waals surface area contributed by atoms with Gasteiger partial charge in [-0.05, 0) is 34.8 Å². The third-order valence-corrected chi connectivity index (χ3v) is 4.30.